The van der Waals surface area contributed by atoms with Gasteiger partial charge in [0.05, 0.1) is 11.4 Å². The van der Waals surface area contributed by atoms with Crippen molar-refractivity contribution in [1.82, 2.24) is 0 Å². The van der Waals surface area contributed by atoms with E-state index >= 15 is 0 Å². The molecular formula is C12H22O3S2. The van der Waals surface area contributed by atoms with Crippen LogP contribution in [0.25, 0.3) is 0 Å². The molecule has 5 heteroatoms. The van der Waals surface area contributed by atoms with Gasteiger partial charge in [0, 0.05) is 6.26 Å². The first kappa shape index (κ1) is 13.7. The van der Waals surface area contributed by atoms with Crippen molar-refractivity contribution in [2.75, 3.05) is 17.8 Å². The molecule has 0 bridgehead atoms. The Bertz CT molecular complexity index is 347. The van der Waals surface area contributed by atoms with Crippen LogP contribution in [0.2, 0.25) is 0 Å². The molecule has 2 aliphatic rings. The zero-order chi connectivity index (χ0) is 12.5. The van der Waals surface area contributed by atoms with Crippen LogP contribution in [0.5, 0.6) is 0 Å². The van der Waals surface area contributed by atoms with Gasteiger partial charge in [-0.05, 0) is 49.0 Å². The lowest BCUT2D eigenvalue weighted by atomic mass is 9.80. The lowest BCUT2D eigenvalue weighted by Crippen LogP contribution is -2.36. The van der Waals surface area contributed by atoms with E-state index in [1.54, 1.807) is 0 Å². The Morgan fingerprint density at radius 3 is 2.59 bits per heavy atom. The number of aliphatic hydroxyl groups is 1. The maximum absolute atomic E-state index is 11.6. The summed E-state index contributed by atoms with van der Waals surface area (Å²) in [6.07, 6.45) is 5.52. The van der Waals surface area contributed by atoms with Crippen molar-refractivity contribution < 1.29 is 13.5 Å². The molecule has 2 fully saturated rings. The van der Waals surface area contributed by atoms with Gasteiger partial charge in [-0.2, -0.15) is 11.8 Å². The van der Waals surface area contributed by atoms with Crippen molar-refractivity contribution in [3.63, 3.8) is 0 Å². The average molecular weight is 278 g/mol. The maximum Gasteiger partial charge on any atom is 0.150 e. The quantitative estimate of drug-likeness (QED) is 0.854. The van der Waals surface area contributed by atoms with Gasteiger partial charge in [-0.25, -0.2) is 8.42 Å². The van der Waals surface area contributed by atoms with Crippen LogP contribution >= 0.6 is 11.8 Å². The largest absolute Gasteiger partial charge is 0.393 e. The Balaban J connectivity index is 1.96. The summed E-state index contributed by atoms with van der Waals surface area (Å²) in [6, 6.07) is 0. The summed E-state index contributed by atoms with van der Waals surface area (Å²) >= 11 is 1.90. The van der Waals surface area contributed by atoms with Gasteiger partial charge in [0.15, 0.2) is 0 Å². The first-order valence-corrected chi connectivity index (χ1v) is 9.54. The predicted molar refractivity (Wildman–Crippen MR) is 72.0 cm³/mol. The molecule has 17 heavy (non-hydrogen) atoms. The van der Waals surface area contributed by atoms with Crippen molar-refractivity contribution in [2.24, 2.45) is 11.8 Å². The first-order valence-electron chi connectivity index (χ1n) is 6.43. The summed E-state index contributed by atoms with van der Waals surface area (Å²) in [5.41, 5.74) is 0. The molecule has 1 heterocycles. The molecule has 0 radical (unpaired) electrons. The summed E-state index contributed by atoms with van der Waals surface area (Å²) in [4.78, 5) is 0. The van der Waals surface area contributed by atoms with Gasteiger partial charge in [0.25, 0.3) is 0 Å². The molecule has 4 atom stereocenters. The molecule has 1 aliphatic carbocycles. The molecule has 1 N–H and O–H groups in total. The Morgan fingerprint density at radius 1 is 1.24 bits per heavy atom. The van der Waals surface area contributed by atoms with E-state index in [2.05, 4.69) is 0 Å². The summed E-state index contributed by atoms with van der Waals surface area (Å²) in [5, 5.41) is 10.1. The molecule has 0 aromatic heterocycles. The predicted octanol–water partition coefficient (Wildman–Crippen LogP) is 1.70. The van der Waals surface area contributed by atoms with E-state index in [1.165, 1.54) is 6.26 Å². The second kappa shape index (κ2) is 5.49. The van der Waals surface area contributed by atoms with Gasteiger partial charge in [-0.1, -0.05) is 6.42 Å². The van der Waals surface area contributed by atoms with E-state index in [0.29, 0.717) is 12.3 Å². The fraction of sp³-hybridized carbons (Fsp3) is 1.00. The lowest BCUT2D eigenvalue weighted by molar-refractivity contribution is 0.0432. The van der Waals surface area contributed by atoms with Gasteiger partial charge < -0.3 is 5.11 Å². The highest BCUT2D eigenvalue weighted by Gasteiger charge is 2.36. The average Bonchev–Trinajstić information content (AvgIpc) is 2.80. The van der Waals surface area contributed by atoms with Crippen LogP contribution in [0.1, 0.15) is 32.1 Å². The molecule has 0 aromatic rings. The lowest BCUT2D eigenvalue weighted by Gasteiger charge is -2.33. The van der Waals surface area contributed by atoms with Crippen molar-refractivity contribution >= 4 is 21.6 Å². The molecule has 0 amide bonds. The van der Waals surface area contributed by atoms with E-state index in [9.17, 15) is 13.5 Å². The van der Waals surface area contributed by atoms with Crippen LogP contribution in [0.15, 0.2) is 0 Å². The Kier molecular flexibility index (Phi) is 4.42. The molecule has 0 aromatic carbocycles. The highest BCUT2D eigenvalue weighted by molar-refractivity contribution is 7.99. The molecule has 3 nitrogen and oxygen atoms in total. The zero-order valence-electron chi connectivity index (χ0n) is 10.3. The summed E-state index contributed by atoms with van der Waals surface area (Å²) in [6.45, 7) is 0. The second-order valence-electron chi connectivity index (χ2n) is 5.49. The molecule has 0 spiro atoms. The highest BCUT2D eigenvalue weighted by atomic mass is 32.2. The molecular weight excluding hydrogens is 256 g/mol. The van der Waals surface area contributed by atoms with Crippen molar-refractivity contribution in [1.29, 1.82) is 0 Å². The standard InChI is InChI=1S/C12H22O3S2/c1-17(14,15)11-4-2-3-9(7-11)12(13)10-5-6-16-8-10/h9-13H,2-8H2,1H3. The molecule has 4 unspecified atom stereocenters. The van der Waals surface area contributed by atoms with Crippen LogP contribution in [-0.4, -0.2) is 42.6 Å². The van der Waals surface area contributed by atoms with Crippen LogP contribution in [-0.2, 0) is 9.84 Å². The number of hydrogen-bond donors (Lipinski definition) is 1. The van der Waals surface area contributed by atoms with E-state index in [4.69, 9.17) is 0 Å². The molecule has 1 saturated heterocycles. The van der Waals surface area contributed by atoms with Gasteiger partial charge in [0.1, 0.15) is 9.84 Å². The molecule has 2 rings (SSSR count). The van der Waals surface area contributed by atoms with Gasteiger partial charge in [-0.3, -0.25) is 0 Å². The normalized spacial score (nSPS) is 36.9. The third-order valence-corrected chi connectivity index (χ3v) is 7.03. The van der Waals surface area contributed by atoms with Crippen LogP contribution in [0, 0.1) is 11.8 Å². The van der Waals surface area contributed by atoms with Crippen LogP contribution < -0.4 is 0 Å². The monoisotopic (exact) mass is 278 g/mol. The maximum atomic E-state index is 11.6. The van der Waals surface area contributed by atoms with Gasteiger partial charge >= 0.3 is 0 Å². The third kappa shape index (κ3) is 3.38. The Hall–Kier alpha value is 0.260. The van der Waals surface area contributed by atoms with Crippen molar-refractivity contribution in [3.05, 3.63) is 0 Å². The summed E-state index contributed by atoms with van der Waals surface area (Å²) < 4.78 is 23.2. The minimum absolute atomic E-state index is 0.201. The van der Waals surface area contributed by atoms with E-state index in [0.717, 1.165) is 37.2 Å². The number of rotatable bonds is 3. The van der Waals surface area contributed by atoms with E-state index < -0.39 is 9.84 Å². The minimum atomic E-state index is -2.93. The number of hydrogen-bond acceptors (Lipinski definition) is 4. The molecule has 1 saturated carbocycles. The summed E-state index contributed by atoms with van der Waals surface area (Å²) in [5.74, 6) is 2.78. The third-order valence-electron chi connectivity index (χ3n) is 4.20. The fourth-order valence-corrected chi connectivity index (χ4v) is 5.58. The highest BCUT2D eigenvalue weighted by Crippen LogP contribution is 2.36. The summed E-state index contributed by atoms with van der Waals surface area (Å²) in [7, 11) is -2.93. The van der Waals surface area contributed by atoms with Crippen LogP contribution in [0.3, 0.4) is 0 Å². The van der Waals surface area contributed by atoms with Gasteiger partial charge in [0.2, 0.25) is 0 Å². The number of sulfone groups is 1. The Labute approximate surface area is 108 Å². The molecule has 1 aliphatic heterocycles. The smallest absolute Gasteiger partial charge is 0.150 e. The van der Waals surface area contributed by atoms with Crippen LogP contribution in [0.4, 0.5) is 0 Å². The zero-order valence-corrected chi connectivity index (χ0v) is 12.0. The van der Waals surface area contributed by atoms with Crippen molar-refractivity contribution in [3.8, 4) is 0 Å². The Morgan fingerprint density at radius 2 is 2.00 bits per heavy atom. The number of thioether (sulfide) groups is 1. The fourth-order valence-electron chi connectivity index (χ4n) is 3.09. The first-order chi connectivity index (χ1) is 7.98. The minimum Gasteiger partial charge on any atom is -0.393 e. The number of aliphatic hydroxyl groups excluding tert-OH is 1. The second-order valence-corrected chi connectivity index (χ2v) is 8.97. The van der Waals surface area contributed by atoms with E-state index in [1.807, 2.05) is 11.8 Å². The SMILES string of the molecule is CS(=O)(=O)C1CCCC(C(O)C2CCSC2)C1. The van der Waals surface area contributed by atoms with Gasteiger partial charge in [-0.15, -0.1) is 0 Å². The van der Waals surface area contributed by atoms with Crippen molar-refractivity contribution in [2.45, 2.75) is 43.5 Å². The topological polar surface area (TPSA) is 54.4 Å². The van der Waals surface area contributed by atoms with E-state index in [-0.39, 0.29) is 17.3 Å². The molecule has 100 valence electrons.